The van der Waals surface area contributed by atoms with Crippen molar-refractivity contribution in [2.45, 2.75) is 44.9 Å². The van der Waals surface area contributed by atoms with Gasteiger partial charge in [-0.25, -0.2) is 0 Å². The van der Waals surface area contributed by atoms with Crippen molar-refractivity contribution in [1.29, 1.82) is 0 Å². The van der Waals surface area contributed by atoms with E-state index in [4.69, 9.17) is 0 Å². The quantitative estimate of drug-likeness (QED) is 0.570. The fourth-order valence-electron chi connectivity index (χ4n) is 2.60. The number of hydrogen-bond acceptors (Lipinski definition) is 1. The Morgan fingerprint density at radius 1 is 0.895 bits per heavy atom. The van der Waals surface area contributed by atoms with E-state index >= 15 is 0 Å². The molecule has 0 saturated carbocycles. The summed E-state index contributed by atoms with van der Waals surface area (Å²) in [6, 6.07) is 10.7. The molecule has 1 heteroatoms. The summed E-state index contributed by atoms with van der Waals surface area (Å²) in [4.78, 5) is 2.56. The Kier molecular flexibility index (Phi) is 6.54. The van der Waals surface area contributed by atoms with E-state index in [2.05, 4.69) is 47.1 Å². The average Bonchev–Trinajstić information content (AvgIpc) is 2.48. The second-order valence-corrected chi connectivity index (χ2v) is 5.35. The van der Waals surface area contributed by atoms with Gasteiger partial charge >= 0.3 is 0 Å². The highest BCUT2D eigenvalue weighted by Gasteiger charge is 2.07. The van der Waals surface area contributed by atoms with Gasteiger partial charge in [0, 0.05) is 19.4 Å². The zero-order valence-corrected chi connectivity index (χ0v) is 11.9. The number of likely N-dealkylation sites (tertiary alicyclic amines) is 1. The van der Waals surface area contributed by atoms with E-state index in [1.165, 1.54) is 50.9 Å². The van der Waals surface area contributed by atoms with Gasteiger partial charge in [-0.15, -0.1) is 11.8 Å². The Bertz CT molecular complexity index is 393. The predicted octanol–water partition coefficient (Wildman–Crippen LogP) is 3.89. The number of piperidine rings is 1. The van der Waals surface area contributed by atoms with Gasteiger partial charge < -0.3 is 4.90 Å². The van der Waals surface area contributed by atoms with Gasteiger partial charge in [-0.05, 0) is 44.3 Å². The molecule has 0 aromatic heterocycles. The lowest BCUT2D eigenvalue weighted by Gasteiger charge is -2.25. The SMILES string of the molecule is C(#CCCN1CCCCC1)CCCc1ccccc1. The first-order chi connectivity index (χ1) is 9.45. The molecule has 0 unspecified atom stereocenters. The molecule has 2 rings (SSSR count). The number of aryl methyl sites for hydroxylation is 1. The Balaban J connectivity index is 1.52. The van der Waals surface area contributed by atoms with E-state index < -0.39 is 0 Å². The highest BCUT2D eigenvalue weighted by atomic mass is 15.1. The van der Waals surface area contributed by atoms with Gasteiger partial charge in [0.1, 0.15) is 0 Å². The van der Waals surface area contributed by atoms with Gasteiger partial charge in [0.2, 0.25) is 0 Å². The second-order valence-electron chi connectivity index (χ2n) is 5.35. The van der Waals surface area contributed by atoms with Crippen LogP contribution < -0.4 is 0 Å². The van der Waals surface area contributed by atoms with Crippen molar-refractivity contribution >= 4 is 0 Å². The highest BCUT2D eigenvalue weighted by molar-refractivity contribution is 5.14. The zero-order valence-electron chi connectivity index (χ0n) is 11.9. The summed E-state index contributed by atoms with van der Waals surface area (Å²) in [7, 11) is 0. The molecule has 0 spiro atoms. The van der Waals surface area contributed by atoms with Gasteiger partial charge in [-0.2, -0.15) is 0 Å². The summed E-state index contributed by atoms with van der Waals surface area (Å²) in [5, 5.41) is 0. The smallest absolute Gasteiger partial charge is 0.0217 e. The fourth-order valence-corrected chi connectivity index (χ4v) is 2.60. The van der Waals surface area contributed by atoms with Crippen molar-refractivity contribution in [2.75, 3.05) is 19.6 Å². The van der Waals surface area contributed by atoms with Crippen molar-refractivity contribution in [2.24, 2.45) is 0 Å². The van der Waals surface area contributed by atoms with Crippen LogP contribution in [0.2, 0.25) is 0 Å². The van der Waals surface area contributed by atoms with E-state index in [0.29, 0.717) is 0 Å². The first kappa shape index (κ1) is 14.2. The van der Waals surface area contributed by atoms with Crippen molar-refractivity contribution in [3.63, 3.8) is 0 Å². The topological polar surface area (TPSA) is 3.24 Å². The normalized spacial score (nSPS) is 15.8. The van der Waals surface area contributed by atoms with Crippen LogP contribution in [0.3, 0.4) is 0 Å². The van der Waals surface area contributed by atoms with Gasteiger partial charge in [0.15, 0.2) is 0 Å². The Hall–Kier alpha value is -1.26. The minimum Gasteiger partial charge on any atom is -0.302 e. The lowest BCUT2D eigenvalue weighted by molar-refractivity contribution is 0.234. The van der Waals surface area contributed by atoms with Gasteiger partial charge in [0.05, 0.1) is 0 Å². The summed E-state index contributed by atoms with van der Waals surface area (Å²) < 4.78 is 0. The molecule has 1 saturated heterocycles. The van der Waals surface area contributed by atoms with Gasteiger partial charge in [0.25, 0.3) is 0 Å². The maximum Gasteiger partial charge on any atom is 0.0217 e. The first-order valence-electron chi connectivity index (χ1n) is 7.67. The molecule has 1 aliphatic heterocycles. The monoisotopic (exact) mass is 255 g/mol. The second kappa shape index (κ2) is 8.77. The maximum absolute atomic E-state index is 3.33. The number of rotatable bonds is 5. The van der Waals surface area contributed by atoms with E-state index in [9.17, 15) is 0 Å². The third-order valence-corrected chi connectivity index (χ3v) is 3.74. The van der Waals surface area contributed by atoms with Crippen LogP contribution in [0.1, 0.15) is 44.1 Å². The minimum atomic E-state index is 1.04. The summed E-state index contributed by atoms with van der Waals surface area (Å²) in [5.74, 6) is 6.65. The molecule has 1 aromatic rings. The predicted molar refractivity (Wildman–Crippen MR) is 82.1 cm³/mol. The molecule has 0 atom stereocenters. The zero-order chi connectivity index (χ0) is 13.2. The Morgan fingerprint density at radius 2 is 1.63 bits per heavy atom. The molecule has 0 amide bonds. The molecule has 1 fully saturated rings. The first-order valence-corrected chi connectivity index (χ1v) is 7.67. The van der Waals surface area contributed by atoms with E-state index in [0.717, 1.165) is 19.3 Å². The van der Waals surface area contributed by atoms with Crippen molar-refractivity contribution in [3.8, 4) is 11.8 Å². The van der Waals surface area contributed by atoms with Crippen LogP contribution in [-0.2, 0) is 6.42 Å². The summed E-state index contributed by atoms with van der Waals surface area (Å²) >= 11 is 0. The molecule has 0 N–H and O–H groups in total. The Morgan fingerprint density at radius 3 is 2.42 bits per heavy atom. The Labute approximate surface area is 118 Å². The maximum atomic E-state index is 3.33. The summed E-state index contributed by atoms with van der Waals surface area (Å²) in [5.41, 5.74) is 1.43. The molecule has 19 heavy (non-hydrogen) atoms. The molecule has 102 valence electrons. The van der Waals surface area contributed by atoms with Crippen LogP contribution in [0, 0.1) is 11.8 Å². The molecular weight excluding hydrogens is 230 g/mol. The van der Waals surface area contributed by atoms with Gasteiger partial charge in [-0.3, -0.25) is 0 Å². The van der Waals surface area contributed by atoms with Crippen molar-refractivity contribution in [3.05, 3.63) is 35.9 Å². The average molecular weight is 255 g/mol. The third-order valence-electron chi connectivity index (χ3n) is 3.74. The number of hydrogen-bond donors (Lipinski definition) is 0. The number of nitrogens with zero attached hydrogens (tertiary/aromatic N) is 1. The van der Waals surface area contributed by atoms with Crippen molar-refractivity contribution in [1.82, 2.24) is 4.90 Å². The van der Waals surface area contributed by atoms with E-state index in [1.54, 1.807) is 0 Å². The molecule has 0 aliphatic carbocycles. The fraction of sp³-hybridized carbons (Fsp3) is 0.556. The molecule has 1 aliphatic rings. The van der Waals surface area contributed by atoms with Crippen molar-refractivity contribution < 1.29 is 0 Å². The van der Waals surface area contributed by atoms with Crippen LogP contribution in [-0.4, -0.2) is 24.5 Å². The molecule has 0 bridgehead atoms. The van der Waals surface area contributed by atoms with E-state index in [-0.39, 0.29) is 0 Å². The lowest BCUT2D eigenvalue weighted by Crippen LogP contribution is -2.30. The standard InChI is InChI=1S/C18H25N/c1(2-6-12-18-13-7-4-8-14-18)3-9-15-19-16-10-5-11-17-19/h4,7-8,13-14H,2,5-6,9-12,15-17H2. The van der Waals surface area contributed by atoms with Crippen LogP contribution in [0.15, 0.2) is 30.3 Å². The number of unbranched alkanes of at least 4 members (excludes halogenated alkanes) is 1. The third kappa shape index (κ3) is 5.94. The van der Waals surface area contributed by atoms with E-state index in [1.807, 2.05) is 0 Å². The highest BCUT2D eigenvalue weighted by Crippen LogP contribution is 2.08. The largest absolute Gasteiger partial charge is 0.302 e. The summed E-state index contributed by atoms with van der Waals surface area (Å²) in [6.07, 6.45) is 8.60. The molecule has 0 radical (unpaired) electrons. The lowest BCUT2D eigenvalue weighted by atomic mass is 10.1. The van der Waals surface area contributed by atoms with Crippen LogP contribution >= 0.6 is 0 Å². The molecular formula is C18H25N. The molecule has 1 nitrogen and oxygen atoms in total. The summed E-state index contributed by atoms with van der Waals surface area (Å²) in [6.45, 7) is 3.75. The molecule has 1 heterocycles. The van der Waals surface area contributed by atoms with Gasteiger partial charge in [-0.1, -0.05) is 36.8 Å². The van der Waals surface area contributed by atoms with Crippen LogP contribution in [0.25, 0.3) is 0 Å². The number of benzene rings is 1. The van der Waals surface area contributed by atoms with Crippen LogP contribution in [0.4, 0.5) is 0 Å². The van der Waals surface area contributed by atoms with Crippen LogP contribution in [0.5, 0.6) is 0 Å². The minimum absolute atomic E-state index is 1.04. The molecule has 1 aromatic carbocycles.